The molecule has 1 aliphatic rings. The van der Waals surface area contributed by atoms with Crippen molar-refractivity contribution in [2.24, 2.45) is 0 Å². The molecular weight excluding hydrogens is 354 g/mol. The first-order valence-electron chi connectivity index (χ1n) is 9.00. The lowest BCUT2D eigenvalue weighted by Crippen LogP contribution is -2.22. The predicted octanol–water partition coefficient (Wildman–Crippen LogP) is 3.76. The molecule has 4 aromatic rings. The fraction of sp³-hybridized carbons (Fsp3) is 0.0952. The van der Waals surface area contributed by atoms with Crippen LogP contribution in [0.4, 0.5) is 5.69 Å². The van der Waals surface area contributed by atoms with E-state index in [1.165, 1.54) is 0 Å². The molecule has 1 aliphatic heterocycles. The van der Waals surface area contributed by atoms with Gasteiger partial charge in [0.2, 0.25) is 0 Å². The summed E-state index contributed by atoms with van der Waals surface area (Å²) < 4.78 is 3.97. The molecule has 5 rings (SSSR count). The van der Waals surface area contributed by atoms with Gasteiger partial charge in [-0.15, -0.1) is 0 Å². The highest BCUT2D eigenvalue weighted by molar-refractivity contribution is 5.50. The van der Waals surface area contributed by atoms with Gasteiger partial charge in [-0.05, 0) is 24.3 Å². The zero-order valence-corrected chi connectivity index (χ0v) is 14.9. The molecule has 28 heavy (non-hydrogen) atoms. The number of para-hydroxylation sites is 2. The molecule has 1 N–H and O–H groups in total. The normalized spacial score (nSPS) is 15.5. The van der Waals surface area contributed by atoms with Gasteiger partial charge in [-0.2, -0.15) is 5.10 Å². The fourth-order valence-corrected chi connectivity index (χ4v) is 3.82. The van der Waals surface area contributed by atoms with Crippen molar-refractivity contribution < 1.29 is 4.92 Å². The van der Waals surface area contributed by atoms with Crippen molar-refractivity contribution in [2.75, 3.05) is 0 Å². The third-order valence-electron chi connectivity index (χ3n) is 5.06. The smallest absolute Gasteiger partial charge is 0.274 e. The van der Waals surface area contributed by atoms with Crippen molar-refractivity contribution >= 4 is 5.69 Å². The number of aromatic nitrogens is 3. The van der Waals surface area contributed by atoms with E-state index in [1.807, 2.05) is 71.7 Å². The van der Waals surface area contributed by atoms with Crippen molar-refractivity contribution in [1.82, 2.24) is 19.7 Å². The summed E-state index contributed by atoms with van der Waals surface area (Å²) in [6.07, 6.45) is 3.82. The number of hydrogen-bond acceptors (Lipinski definition) is 4. The van der Waals surface area contributed by atoms with Crippen LogP contribution in [0.2, 0.25) is 0 Å². The van der Waals surface area contributed by atoms with Crippen molar-refractivity contribution in [3.63, 3.8) is 0 Å². The lowest BCUT2D eigenvalue weighted by molar-refractivity contribution is -0.385. The predicted molar refractivity (Wildman–Crippen MR) is 105 cm³/mol. The summed E-state index contributed by atoms with van der Waals surface area (Å²) in [5.41, 5.74) is 3.70. The molecule has 0 spiro atoms. The maximum absolute atomic E-state index is 11.6. The summed E-state index contributed by atoms with van der Waals surface area (Å²) in [4.78, 5) is 11.2. The van der Waals surface area contributed by atoms with E-state index in [4.69, 9.17) is 0 Å². The number of fused-ring (bicyclic) bond motifs is 3. The zero-order valence-electron chi connectivity index (χ0n) is 14.9. The molecule has 0 amide bonds. The Balaban J connectivity index is 1.68. The molecule has 0 bridgehead atoms. The minimum absolute atomic E-state index is 0.114. The number of rotatable bonds is 3. The molecular formula is C21H17N5O2. The van der Waals surface area contributed by atoms with Gasteiger partial charge in [0.1, 0.15) is 5.82 Å². The molecule has 0 aliphatic carbocycles. The maximum atomic E-state index is 11.6. The molecule has 0 saturated carbocycles. The monoisotopic (exact) mass is 371 g/mol. The first-order chi connectivity index (χ1) is 13.7. The molecule has 2 aromatic carbocycles. The molecule has 7 heteroatoms. The molecule has 0 saturated heterocycles. The van der Waals surface area contributed by atoms with Crippen LogP contribution in [0.1, 0.15) is 22.9 Å². The second kappa shape index (κ2) is 6.47. The molecule has 138 valence electrons. The summed E-state index contributed by atoms with van der Waals surface area (Å²) in [6.45, 7) is 0.556. The molecule has 3 heterocycles. The van der Waals surface area contributed by atoms with Gasteiger partial charge < -0.3 is 9.88 Å². The van der Waals surface area contributed by atoms with Crippen molar-refractivity contribution in [1.29, 1.82) is 0 Å². The second-order valence-electron chi connectivity index (χ2n) is 6.67. The van der Waals surface area contributed by atoms with E-state index in [-0.39, 0.29) is 16.7 Å². The molecule has 2 aromatic heterocycles. The van der Waals surface area contributed by atoms with Crippen LogP contribution in [0.5, 0.6) is 0 Å². The number of nitro groups is 1. The van der Waals surface area contributed by atoms with Crippen LogP contribution < -0.4 is 5.32 Å². The van der Waals surface area contributed by atoms with E-state index in [2.05, 4.69) is 15.0 Å². The fourth-order valence-electron chi connectivity index (χ4n) is 3.82. The number of hydrogen-bond donors (Lipinski definition) is 1. The van der Waals surface area contributed by atoms with Gasteiger partial charge in [0.05, 0.1) is 28.4 Å². The number of nitrogens with one attached hydrogen (secondary N) is 1. The van der Waals surface area contributed by atoms with E-state index >= 15 is 0 Å². The Morgan fingerprint density at radius 2 is 1.82 bits per heavy atom. The zero-order chi connectivity index (χ0) is 19.1. The van der Waals surface area contributed by atoms with Gasteiger partial charge in [0.15, 0.2) is 0 Å². The largest absolute Gasteiger partial charge is 0.303 e. The Hall–Kier alpha value is -3.71. The Labute approximate surface area is 161 Å². The van der Waals surface area contributed by atoms with Gasteiger partial charge >= 0.3 is 0 Å². The minimum Gasteiger partial charge on any atom is -0.303 e. The quantitative estimate of drug-likeness (QED) is 0.439. The molecule has 0 radical (unpaired) electrons. The first-order valence-corrected chi connectivity index (χ1v) is 9.00. The van der Waals surface area contributed by atoms with Gasteiger partial charge in [-0.3, -0.25) is 10.1 Å². The number of nitro benzene ring substituents is 1. The lowest BCUT2D eigenvalue weighted by atomic mass is 10.0. The summed E-state index contributed by atoms with van der Waals surface area (Å²) in [6, 6.07) is 20.5. The summed E-state index contributed by atoms with van der Waals surface area (Å²) in [5, 5.41) is 19.6. The highest BCUT2D eigenvalue weighted by Crippen LogP contribution is 2.35. The van der Waals surface area contributed by atoms with Crippen molar-refractivity contribution in [2.45, 2.75) is 12.6 Å². The van der Waals surface area contributed by atoms with E-state index in [0.29, 0.717) is 12.1 Å². The number of nitrogens with zero attached hydrogens (tertiary/aromatic N) is 4. The van der Waals surface area contributed by atoms with E-state index < -0.39 is 0 Å². The van der Waals surface area contributed by atoms with Crippen LogP contribution in [0.25, 0.3) is 11.5 Å². The van der Waals surface area contributed by atoms with Crippen LogP contribution in [0, 0.1) is 10.1 Å². The first kappa shape index (κ1) is 16.5. The molecule has 0 fully saturated rings. The molecule has 7 nitrogen and oxygen atoms in total. The van der Waals surface area contributed by atoms with E-state index in [9.17, 15) is 10.1 Å². The molecule has 1 atom stereocenters. The van der Waals surface area contributed by atoms with Gasteiger partial charge in [-0.25, -0.2) is 4.68 Å². The molecule has 1 unspecified atom stereocenters. The number of benzene rings is 2. The second-order valence-corrected chi connectivity index (χ2v) is 6.67. The SMILES string of the molecule is O=[N+]([O-])c1ccccc1C1NCc2cnn(-c3ccccc3)c2-n2cccc21. The summed E-state index contributed by atoms with van der Waals surface area (Å²) in [5.74, 6) is 0.944. The Bertz CT molecular complexity index is 1160. The standard InChI is InChI=1S/C21H17N5O2/c27-26(28)18-10-5-4-9-17(18)20-19-11-6-12-24(19)21-15(13-22-20)14-23-25(21)16-7-2-1-3-8-16/h1-12,14,20,22H,13H2. The Morgan fingerprint density at radius 3 is 2.64 bits per heavy atom. The van der Waals surface area contributed by atoms with Crippen LogP contribution in [-0.4, -0.2) is 19.3 Å². The van der Waals surface area contributed by atoms with E-state index in [0.717, 1.165) is 22.8 Å². The van der Waals surface area contributed by atoms with Gasteiger partial charge in [0.25, 0.3) is 5.69 Å². The average molecular weight is 371 g/mol. The third-order valence-corrected chi connectivity index (χ3v) is 5.06. The lowest BCUT2D eigenvalue weighted by Gasteiger charge is -2.18. The Morgan fingerprint density at radius 1 is 1.04 bits per heavy atom. The van der Waals surface area contributed by atoms with Gasteiger partial charge in [0, 0.05) is 30.1 Å². The van der Waals surface area contributed by atoms with Crippen molar-refractivity contribution in [3.05, 3.63) is 106 Å². The van der Waals surface area contributed by atoms with E-state index in [1.54, 1.807) is 12.1 Å². The summed E-state index contributed by atoms with van der Waals surface area (Å²) >= 11 is 0. The highest BCUT2D eigenvalue weighted by Gasteiger charge is 2.30. The minimum atomic E-state index is -0.325. The average Bonchev–Trinajstić information content (AvgIpc) is 3.33. The Kier molecular flexibility index (Phi) is 3.80. The van der Waals surface area contributed by atoms with Gasteiger partial charge in [-0.1, -0.05) is 36.4 Å². The topological polar surface area (TPSA) is 77.9 Å². The van der Waals surface area contributed by atoms with Crippen molar-refractivity contribution in [3.8, 4) is 11.5 Å². The van der Waals surface area contributed by atoms with Crippen LogP contribution in [-0.2, 0) is 6.54 Å². The maximum Gasteiger partial charge on any atom is 0.274 e. The summed E-state index contributed by atoms with van der Waals surface area (Å²) in [7, 11) is 0. The van der Waals surface area contributed by atoms with Crippen LogP contribution in [0.3, 0.4) is 0 Å². The third kappa shape index (κ3) is 2.52. The van der Waals surface area contributed by atoms with Crippen LogP contribution in [0.15, 0.2) is 79.1 Å². The highest BCUT2D eigenvalue weighted by atomic mass is 16.6. The van der Waals surface area contributed by atoms with Crippen LogP contribution >= 0.6 is 0 Å².